The van der Waals surface area contributed by atoms with Crippen molar-refractivity contribution in [2.24, 2.45) is 11.1 Å². The minimum absolute atomic E-state index is 0.235. The lowest BCUT2D eigenvalue weighted by Gasteiger charge is -2.38. The fourth-order valence-electron chi connectivity index (χ4n) is 2.44. The molecule has 3 nitrogen and oxygen atoms in total. The van der Waals surface area contributed by atoms with Gasteiger partial charge in [0.2, 0.25) is 0 Å². The Bertz CT molecular complexity index is 226. The summed E-state index contributed by atoms with van der Waals surface area (Å²) in [4.78, 5) is 5.19. The predicted molar refractivity (Wildman–Crippen MR) is 79.8 cm³/mol. The number of nitrogens with two attached hydrogens (primary N) is 1. The normalized spacial score (nSPS) is 23.0. The van der Waals surface area contributed by atoms with Crippen LogP contribution in [0.2, 0.25) is 0 Å². The van der Waals surface area contributed by atoms with Gasteiger partial charge in [-0.3, -0.25) is 4.90 Å². The van der Waals surface area contributed by atoms with E-state index in [-0.39, 0.29) is 5.41 Å². The van der Waals surface area contributed by atoms with Crippen LogP contribution in [0.1, 0.15) is 47.5 Å². The molecule has 1 saturated heterocycles. The predicted octanol–water partition coefficient (Wildman–Crippen LogP) is 2.17. The van der Waals surface area contributed by atoms with Crippen LogP contribution in [-0.4, -0.2) is 54.6 Å². The summed E-state index contributed by atoms with van der Waals surface area (Å²) >= 11 is 0. The van der Waals surface area contributed by atoms with E-state index < -0.39 is 0 Å². The van der Waals surface area contributed by atoms with E-state index >= 15 is 0 Å². The molecule has 18 heavy (non-hydrogen) atoms. The molecule has 1 heterocycles. The van der Waals surface area contributed by atoms with Crippen LogP contribution in [0, 0.1) is 5.41 Å². The van der Waals surface area contributed by atoms with Gasteiger partial charge in [-0.15, -0.1) is 0 Å². The van der Waals surface area contributed by atoms with Crippen LogP contribution in [0.5, 0.6) is 0 Å². The number of piperazine rings is 1. The van der Waals surface area contributed by atoms with Gasteiger partial charge in [-0.05, 0) is 31.7 Å². The van der Waals surface area contributed by atoms with Crippen molar-refractivity contribution in [2.45, 2.75) is 59.5 Å². The molecule has 108 valence electrons. The van der Waals surface area contributed by atoms with Crippen molar-refractivity contribution in [3.63, 3.8) is 0 Å². The molecular weight excluding hydrogens is 222 g/mol. The Morgan fingerprint density at radius 1 is 1.11 bits per heavy atom. The molecule has 0 spiro atoms. The number of hydrogen-bond donors (Lipinski definition) is 1. The molecule has 2 N–H and O–H groups in total. The van der Waals surface area contributed by atoms with Crippen LogP contribution in [0.15, 0.2) is 0 Å². The van der Waals surface area contributed by atoms with Crippen LogP contribution >= 0.6 is 0 Å². The molecule has 0 aliphatic carbocycles. The summed E-state index contributed by atoms with van der Waals surface area (Å²) in [6.45, 7) is 17.3. The quantitative estimate of drug-likeness (QED) is 0.817. The van der Waals surface area contributed by atoms with Crippen molar-refractivity contribution in [1.29, 1.82) is 0 Å². The zero-order valence-electron chi connectivity index (χ0n) is 13.1. The zero-order valence-corrected chi connectivity index (χ0v) is 13.1. The van der Waals surface area contributed by atoms with E-state index in [0.717, 1.165) is 19.0 Å². The van der Waals surface area contributed by atoms with Gasteiger partial charge >= 0.3 is 0 Å². The molecule has 1 aliphatic rings. The van der Waals surface area contributed by atoms with Gasteiger partial charge in [0.1, 0.15) is 0 Å². The highest BCUT2D eigenvalue weighted by Gasteiger charge is 2.23. The molecular formula is C15H33N3. The smallest absolute Gasteiger partial charge is 0.0113 e. The van der Waals surface area contributed by atoms with E-state index in [1.54, 1.807) is 0 Å². The lowest BCUT2D eigenvalue weighted by atomic mass is 9.85. The minimum atomic E-state index is 0.235. The van der Waals surface area contributed by atoms with Gasteiger partial charge in [0.05, 0.1) is 0 Å². The van der Waals surface area contributed by atoms with Crippen molar-refractivity contribution in [1.82, 2.24) is 9.80 Å². The van der Waals surface area contributed by atoms with Crippen LogP contribution in [0.3, 0.4) is 0 Å². The first-order chi connectivity index (χ1) is 8.34. The SMILES string of the molecule is CCC(C)N1CCN(CCC(N)C(C)(C)C)CC1. The van der Waals surface area contributed by atoms with E-state index in [2.05, 4.69) is 44.4 Å². The van der Waals surface area contributed by atoms with Gasteiger partial charge in [0.15, 0.2) is 0 Å². The van der Waals surface area contributed by atoms with Crippen LogP contribution in [0.4, 0.5) is 0 Å². The highest BCUT2D eigenvalue weighted by atomic mass is 15.3. The standard InChI is InChI=1S/C15H33N3/c1-6-13(2)18-11-9-17(10-12-18)8-7-14(16)15(3,4)5/h13-14H,6-12,16H2,1-5H3. The zero-order chi connectivity index (χ0) is 13.8. The summed E-state index contributed by atoms with van der Waals surface area (Å²) in [6, 6.07) is 1.05. The van der Waals surface area contributed by atoms with Crippen LogP contribution in [-0.2, 0) is 0 Å². The van der Waals surface area contributed by atoms with Gasteiger partial charge in [0, 0.05) is 38.3 Å². The molecule has 0 saturated carbocycles. The number of rotatable bonds is 5. The highest BCUT2D eigenvalue weighted by Crippen LogP contribution is 2.20. The molecule has 0 aromatic heterocycles. The maximum atomic E-state index is 6.23. The van der Waals surface area contributed by atoms with Gasteiger partial charge < -0.3 is 10.6 Å². The first-order valence-corrected chi connectivity index (χ1v) is 7.56. The van der Waals surface area contributed by atoms with Crippen molar-refractivity contribution >= 4 is 0 Å². The van der Waals surface area contributed by atoms with Crippen LogP contribution in [0.25, 0.3) is 0 Å². The van der Waals surface area contributed by atoms with Crippen molar-refractivity contribution in [3.8, 4) is 0 Å². The second kappa shape index (κ2) is 6.88. The molecule has 1 rings (SSSR count). The molecule has 0 radical (unpaired) electrons. The molecule has 1 aliphatic heterocycles. The lowest BCUT2D eigenvalue weighted by molar-refractivity contribution is 0.0955. The van der Waals surface area contributed by atoms with E-state index in [4.69, 9.17) is 5.73 Å². The third-order valence-electron chi connectivity index (χ3n) is 4.49. The molecule has 0 aromatic carbocycles. The Morgan fingerprint density at radius 2 is 1.67 bits per heavy atom. The van der Waals surface area contributed by atoms with E-state index in [0.29, 0.717) is 6.04 Å². The molecule has 0 amide bonds. The molecule has 3 heteroatoms. The van der Waals surface area contributed by atoms with Crippen molar-refractivity contribution < 1.29 is 0 Å². The van der Waals surface area contributed by atoms with E-state index in [1.807, 2.05) is 0 Å². The fourth-order valence-corrected chi connectivity index (χ4v) is 2.44. The molecule has 0 bridgehead atoms. The Labute approximate surface area is 114 Å². The fraction of sp³-hybridized carbons (Fsp3) is 1.00. The highest BCUT2D eigenvalue weighted by molar-refractivity contribution is 4.80. The van der Waals surface area contributed by atoms with E-state index in [1.165, 1.54) is 32.6 Å². The third-order valence-corrected chi connectivity index (χ3v) is 4.49. The second-order valence-corrected chi connectivity index (χ2v) is 6.90. The maximum absolute atomic E-state index is 6.23. The minimum Gasteiger partial charge on any atom is -0.327 e. The summed E-state index contributed by atoms with van der Waals surface area (Å²) in [5.41, 5.74) is 6.46. The first-order valence-electron chi connectivity index (χ1n) is 7.56. The largest absolute Gasteiger partial charge is 0.327 e. The topological polar surface area (TPSA) is 32.5 Å². The summed E-state index contributed by atoms with van der Waals surface area (Å²) in [5.74, 6) is 0. The van der Waals surface area contributed by atoms with Gasteiger partial charge in [-0.25, -0.2) is 0 Å². The summed E-state index contributed by atoms with van der Waals surface area (Å²) in [7, 11) is 0. The summed E-state index contributed by atoms with van der Waals surface area (Å²) < 4.78 is 0. The van der Waals surface area contributed by atoms with Crippen molar-refractivity contribution in [2.75, 3.05) is 32.7 Å². The van der Waals surface area contributed by atoms with Crippen LogP contribution < -0.4 is 5.73 Å². The summed E-state index contributed by atoms with van der Waals surface area (Å²) in [6.07, 6.45) is 2.38. The average molecular weight is 255 g/mol. The second-order valence-electron chi connectivity index (χ2n) is 6.90. The maximum Gasteiger partial charge on any atom is 0.0113 e. The Balaban J connectivity index is 2.24. The average Bonchev–Trinajstić information content (AvgIpc) is 2.34. The molecule has 0 aromatic rings. The third kappa shape index (κ3) is 4.87. The number of nitrogens with zero attached hydrogens (tertiary/aromatic N) is 2. The number of hydrogen-bond acceptors (Lipinski definition) is 3. The molecule has 1 fully saturated rings. The first kappa shape index (κ1) is 15.9. The summed E-state index contributed by atoms with van der Waals surface area (Å²) in [5, 5.41) is 0. The van der Waals surface area contributed by atoms with Gasteiger partial charge in [-0.1, -0.05) is 27.7 Å². The Kier molecular flexibility index (Phi) is 6.09. The Hall–Kier alpha value is -0.120. The van der Waals surface area contributed by atoms with E-state index in [9.17, 15) is 0 Å². The monoisotopic (exact) mass is 255 g/mol. The van der Waals surface area contributed by atoms with Crippen molar-refractivity contribution in [3.05, 3.63) is 0 Å². The molecule has 2 atom stereocenters. The van der Waals surface area contributed by atoms with Gasteiger partial charge in [-0.2, -0.15) is 0 Å². The molecule has 2 unspecified atom stereocenters. The lowest BCUT2D eigenvalue weighted by Crippen LogP contribution is -2.50. The van der Waals surface area contributed by atoms with Gasteiger partial charge in [0.25, 0.3) is 0 Å². The Morgan fingerprint density at radius 3 is 2.11 bits per heavy atom.